The van der Waals surface area contributed by atoms with Gasteiger partial charge in [-0.25, -0.2) is 0 Å². The second kappa shape index (κ2) is 7.38. The predicted octanol–water partition coefficient (Wildman–Crippen LogP) is 3.27. The van der Waals surface area contributed by atoms with Crippen molar-refractivity contribution in [2.75, 3.05) is 0 Å². The van der Waals surface area contributed by atoms with Gasteiger partial charge in [-0.1, -0.05) is 39.8 Å². The molecule has 0 aromatic carbocycles. The Morgan fingerprint density at radius 3 is 2.35 bits per heavy atom. The summed E-state index contributed by atoms with van der Waals surface area (Å²) >= 11 is 0. The normalized spacial score (nSPS) is 33.3. The zero-order valence-corrected chi connectivity index (χ0v) is 21.9. The lowest BCUT2D eigenvalue weighted by Crippen LogP contribution is -2.48. The van der Waals surface area contributed by atoms with Crippen LogP contribution in [-0.4, -0.2) is 31.1 Å². The molecular formula is C29H30N6O2. The molecule has 6 rings (SSSR count). The summed E-state index contributed by atoms with van der Waals surface area (Å²) in [6, 6.07) is 4.25. The van der Waals surface area contributed by atoms with Crippen LogP contribution in [0.15, 0.2) is 35.7 Å². The van der Waals surface area contributed by atoms with Crippen molar-refractivity contribution in [1.29, 1.82) is 10.5 Å². The van der Waals surface area contributed by atoms with Gasteiger partial charge in [-0.3, -0.25) is 19.0 Å². The second-order valence-corrected chi connectivity index (χ2v) is 12.2. The van der Waals surface area contributed by atoms with Crippen molar-refractivity contribution in [3.05, 3.63) is 58.2 Å². The van der Waals surface area contributed by atoms with E-state index < -0.39 is 22.2 Å². The van der Waals surface area contributed by atoms with Crippen LogP contribution in [0.25, 0.3) is 0 Å². The number of aryl methyl sites for hydroxylation is 2. The largest absolute Gasteiger partial charge is 0.293 e. The van der Waals surface area contributed by atoms with Crippen molar-refractivity contribution in [2.24, 2.45) is 30.2 Å². The number of hydrogen-bond donors (Lipinski definition) is 0. The molecule has 0 radical (unpaired) electrons. The van der Waals surface area contributed by atoms with Crippen molar-refractivity contribution in [3.8, 4) is 12.1 Å². The Labute approximate surface area is 216 Å². The molecule has 2 aromatic rings. The topological polar surface area (TPSA) is 117 Å². The summed E-state index contributed by atoms with van der Waals surface area (Å²) in [5.41, 5.74) is 2.77. The molecule has 0 fully saturated rings. The van der Waals surface area contributed by atoms with Crippen molar-refractivity contribution < 1.29 is 9.59 Å². The van der Waals surface area contributed by atoms with E-state index >= 15 is 0 Å². The predicted molar refractivity (Wildman–Crippen MR) is 134 cm³/mol. The Hall–Kier alpha value is -3.78. The molecule has 0 saturated carbocycles. The first-order chi connectivity index (χ1) is 17.4. The Morgan fingerprint density at radius 1 is 0.973 bits per heavy atom. The number of carbonyl (C=O) groups is 2. The van der Waals surface area contributed by atoms with Crippen LogP contribution in [-0.2, 0) is 46.9 Å². The zero-order chi connectivity index (χ0) is 26.5. The van der Waals surface area contributed by atoms with Crippen molar-refractivity contribution in [1.82, 2.24) is 19.6 Å². The van der Waals surface area contributed by atoms with E-state index in [1.807, 2.05) is 48.7 Å². The van der Waals surface area contributed by atoms with Gasteiger partial charge in [-0.05, 0) is 42.2 Å². The summed E-state index contributed by atoms with van der Waals surface area (Å²) in [5.74, 6) is -0.591. The van der Waals surface area contributed by atoms with Crippen molar-refractivity contribution >= 4 is 11.6 Å². The molecule has 188 valence electrons. The van der Waals surface area contributed by atoms with E-state index in [4.69, 9.17) is 10.2 Å². The summed E-state index contributed by atoms with van der Waals surface area (Å²) in [4.78, 5) is 26.4. The molecule has 0 aliphatic heterocycles. The summed E-state index contributed by atoms with van der Waals surface area (Å²) in [7, 11) is 1.91. The van der Waals surface area contributed by atoms with Gasteiger partial charge in [-0.15, -0.1) is 0 Å². The van der Waals surface area contributed by atoms with Gasteiger partial charge in [0.25, 0.3) is 0 Å². The molecule has 0 saturated heterocycles. The van der Waals surface area contributed by atoms with E-state index in [2.05, 4.69) is 26.0 Å². The lowest BCUT2D eigenvalue weighted by molar-refractivity contribution is -0.127. The van der Waals surface area contributed by atoms with E-state index in [1.54, 1.807) is 6.08 Å². The minimum absolute atomic E-state index is 0.0122. The van der Waals surface area contributed by atoms with Crippen LogP contribution in [0.1, 0.15) is 56.6 Å². The molecule has 0 bridgehead atoms. The smallest absolute Gasteiger partial charge is 0.178 e. The van der Waals surface area contributed by atoms with Crippen LogP contribution in [0, 0.1) is 45.8 Å². The molecule has 4 aliphatic rings. The Balaban J connectivity index is 1.39. The van der Waals surface area contributed by atoms with E-state index in [1.165, 1.54) is 5.56 Å². The Morgan fingerprint density at radius 2 is 1.65 bits per heavy atom. The first-order valence-electron chi connectivity index (χ1n) is 12.9. The molecule has 0 unspecified atom stereocenters. The highest BCUT2D eigenvalue weighted by Crippen LogP contribution is 2.56. The monoisotopic (exact) mass is 494 g/mol. The third kappa shape index (κ3) is 2.99. The van der Waals surface area contributed by atoms with E-state index in [-0.39, 0.29) is 34.5 Å². The van der Waals surface area contributed by atoms with Gasteiger partial charge in [0, 0.05) is 41.6 Å². The van der Waals surface area contributed by atoms with Gasteiger partial charge < -0.3 is 0 Å². The average molecular weight is 495 g/mol. The number of nitrogens with zero attached hydrogens (tertiary/aromatic N) is 6. The highest BCUT2D eigenvalue weighted by Gasteiger charge is 2.57. The summed E-state index contributed by atoms with van der Waals surface area (Å²) in [5, 5.41) is 29.2. The van der Waals surface area contributed by atoms with Gasteiger partial charge in [0.05, 0.1) is 29.1 Å². The van der Waals surface area contributed by atoms with Gasteiger partial charge in [-0.2, -0.15) is 20.7 Å². The minimum atomic E-state index is -0.663. The number of ketones is 2. The van der Waals surface area contributed by atoms with Crippen LogP contribution < -0.4 is 0 Å². The second-order valence-electron chi connectivity index (χ2n) is 12.2. The third-order valence-electron chi connectivity index (χ3n) is 9.71. The Bertz CT molecular complexity index is 1540. The van der Waals surface area contributed by atoms with Gasteiger partial charge >= 0.3 is 0 Å². The highest BCUT2D eigenvalue weighted by atomic mass is 16.1. The number of aromatic nitrogens is 4. The first kappa shape index (κ1) is 23.6. The van der Waals surface area contributed by atoms with E-state index in [0.717, 1.165) is 29.8 Å². The number of fused-ring (bicyclic) bond motifs is 6. The molecule has 0 N–H and O–H groups in total. The molecule has 5 atom stereocenters. The van der Waals surface area contributed by atoms with Crippen LogP contribution in [0.5, 0.6) is 0 Å². The third-order valence-corrected chi connectivity index (χ3v) is 9.71. The van der Waals surface area contributed by atoms with Crippen LogP contribution in [0.2, 0.25) is 0 Å². The molecule has 8 heteroatoms. The van der Waals surface area contributed by atoms with Crippen LogP contribution >= 0.6 is 0 Å². The fourth-order valence-corrected chi connectivity index (χ4v) is 7.89. The first-order valence-corrected chi connectivity index (χ1v) is 12.9. The molecule has 4 aliphatic carbocycles. The lowest BCUT2D eigenvalue weighted by atomic mass is 9.57. The fraction of sp³-hybridized carbons (Fsp3) is 0.517. The molecular weight excluding hydrogens is 464 g/mol. The average Bonchev–Trinajstić information content (AvgIpc) is 3.51. The number of Topliss-reactive ketones (excluding diaryl/α,β-unsaturated/α-hetero) is 2. The number of carbonyl (C=O) groups excluding carboxylic acids is 2. The Kier molecular flexibility index (Phi) is 4.71. The van der Waals surface area contributed by atoms with Gasteiger partial charge in [0.1, 0.15) is 12.1 Å². The molecule has 37 heavy (non-hydrogen) atoms. The zero-order valence-electron chi connectivity index (χ0n) is 21.9. The summed E-state index contributed by atoms with van der Waals surface area (Å²) < 4.78 is 3.67. The maximum Gasteiger partial charge on any atom is 0.178 e. The maximum absolute atomic E-state index is 13.5. The summed E-state index contributed by atoms with van der Waals surface area (Å²) in [6.45, 7) is 8.40. The minimum Gasteiger partial charge on any atom is -0.293 e. The molecule has 8 nitrogen and oxygen atoms in total. The van der Waals surface area contributed by atoms with Crippen molar-refractivity contribution in [3.63, 3.8) is 0 Å². The number of nitriles is 2. The van der Waals surface area contributed by atoms with E-state index in [0.29, 0.717) is 13.0 Å². The number of hydrogen-bond acceptors (Lipinski definition) is 6. The standard InChI is InChI=1S/C29H30N6O2/c1-27(2)22-8-17-14-35(33-25(17)29(22,4)10-19(12-31)26(27)37)15-20-21-7-6-16-13-34(5)32-24(16)28(21,3)9-18(11-30)23(20)36/h9-10,13-14,20-22H,6-8,15H2,1-5H3/t20-,21-,22-,28-,29-/m0/s1. The molecule has 0 amide bonds. The molecule has 0 spiro atoms. The van der Waals surface area contributed by atoms with Crippen LogP contribution in [0.4, 0.5) is 0 Å². The fourth-order valence-electron chi connectivity index (χ4n) is 7.89. The number of rotatable bonds is 2. The lowest BCUT2D eigenvalue weighted by Gasteiger charge is -2.45. The molecule has 2 aromatic heterocycles. The van der Waals surface area contributed by atoms with E-state index in [9.17, 15) is 20.1 Å². The van der Waals surface area contributed by atoms with Crippen molar-refractivity contribution in [2.45, 2.75) is 64.3 Å². The molecule has 2 heterocycles. The number of allylic oxidation sites excluding steroid dienone is 4. The SMILES string of the molecule is Cn1cc2c(n1)[C@@]1(C)C=C(C#N)C(=O)[C@@H](Cn3cc4c(n3)[C@@]3(C)C=C(C#N)C(=O)C(C)(C)[C@@H]3C4)[C@@H]1CC2. The van der Waals surface area contributed by atoms with Gasteiger partial charge in [0.2, 0.25) is 0 Å². The summed E-state index contributed by atoms with van der Waals surface area (Å²) in [6.07, 6.45) is 10.1. The quantitative estimate of drug-likeness (QED) is 0.632. The maximum atomic E-state index is 13.5. The van der Waals surface area contributed by atoms with Gasteiger partial charge in [0.15, 0.2) is 11.6 Å². The highest BCUT2D eigenvalue weighted by molar-refractivity contribution is 6.04. The van der Waals surface area contributed by atoms with Crippen LogP contribution in [0.3, 0.4) is 0 Å².